The van der Waals surface area contributed by atoms with E-state index >= 15 is 0 Å². The van der Waals surface area contributed by atoms with Gasteiger partial charge in [0.05, 0.1) is 18.5 Å². The van der Waals surface area contributed by atoms with Gasteiger partial charge < -0.3 is 9.64 Å². The molecule has 1 atom stereocenters. The molecule has 1 amide bonds. The van der Waals surface area contributed by atoms with Crippen LogP contribution in [0.2, 0.25) is 0 Å². The Labute approximate surface area is 147 Å². The highest BCUT2D eigenvalue weighted by molar-refractivity contribution is 8.00. The Morgan fingerprint density at radius 1 is 1.25 bits per heavy atom. The van der Waals surface area contributed by atoms with Gasteiger partial charge in [0, 0.05) is 31.2 Å². The van der Waals surface area contributed by atoms with Crippen LogP contribution in [-0.2, 0) is 9.53 Å². The zero-order valence-electron chi connectivity index (χ0n) is 14.4. The summed E-state index contributed by atoms with van der Waals surface area (Å²) in [6.45, 7) is 8.76. The maximum Gasteiger partial charge on any atom is 0.236 e. The second kappa shape index (κ2) is 7.40. The van der Waals surface area contributed by atoms with Gasteiger partial charge in [-0.25, -0.2) is 4.98 Å². The number of amides is 1. The number of hydrogen-bond acceptors (Lipinski definition) is 4. The molecule has 0 saturated carbocycles. The number of nitrogens with zero attached hydrogens (tertiary/aromatic N) is 3. The summed E-state index contributed by atoms with van der Waals surface area (Å²) in [4.78, 5) is 18.9. The Balaban J connectivity index is 1.75. The maximum atomic E-state index is 12.6. The van der Waals surface area contributed by atoms with Gasteiger partial charge in [0.2, 0.25) is 5.91 Å². The highest BCUT2D eigenvalue weighted by atomic mass is 32.2. The number of carbonyl (C=O) groups excluding carboxylic acids is 1. The number of thioether (sulfide) groups is 1. The third-order valence-corrected chi connectivity index (χ3v) is 5.40. The molecule has 1 aromatic carbocycles. The molecule has 1 saturated heterocycles. The van der Waals surface area contributed by atoms with E-state index < -0.39 is 0 Å². The van der Waals surface area contributed by atoms with Crippen molar-refractivity contribution in [1.29, 1.82) is 0 Å². The predicted octanol–water partition coefficient (Wildman–Crippen LogP) is 2.83. The van der Waals surface area contributed by atoms with Crippen molar-refractivity contribution in [1.82, 2.24) is 14.5 Å². The minimum Gasteiger partial charge on any atom is -0.378 e. The van der Waals surface area contributed by atoms with E-state index in [4.69, 9.17) is 4.74 Å². The number of carbonyl (C=O) groups is 1. The molecular formula is C18H23N3O2S. The molecule has 5 nitrogen and oxygen atoms in total. The van der Waals surface area contributed by atoms with Crippen LogP contribution in [0.1, 0.15) is 18.1 Å². The normalized spacial score (nSPS) is 16.2. The number of imidazole rings is 1. The molecule has 0 unspecified atom stereocenters. The summed E-state index contributed by atoms with van der Waals surface area (Å²) in [7, 11) is 0. The molecule has 2 heterocycles. The summed E-state index contributed by atoms with van der Waals surface area (Å²) in [6, 6.07) is 6.35. The van der Waals surface area contributed by atoms with Gasteiger partial charge in [-0.15, -0.1) is 0 Å². The SMILES string of the molecule is Cc1ccc(-n2ccnc2S[C@H](C)C(=O)N2CCOCC2)cc1C. The van der Waals surface area contributed by atoms with E-state index in [2.05, 4.69) is 37.0 Å². The monoisotopic (exact) mass is 345 g/mol. The smallest absolute Gasteiger partial charge is 0.236 e. The van der Waals surface area contributed by atoms with Gasteiger partial charge in [-0.3, -0.25) is 9.36 Å². The molecule has 24 heavy (non-hydrogen) atoms. The Hall–Kier alpha value is -1.79. The number of ether oxygens (including phenoxy) is 1. The zero-order chi connectivity index (χ0) is 17.1. The van der Waals surface area contributed by atoms with Gasteiger partial charge in [-0.2, -0.15) is 0 Å². The summed E-state index contributed by atoms with van der Waals surface area (Å²) < 4.78 is 7.36. The predicted molar refractivity (Wildman–Crippen MR) is 95.8 cm³/mol. The summed E-state index contributed by atoms with van der Waals surface area (Å²) >= 11 is 1.50. The third kappa shape index (κ3) is 3.65. The fourth-order valence-corrected chi connectivity index (χ4v) is 3.67. The molecule has 0 radical (unpaired) electrons. The molecule has 1 aromatic heterocycles. The van der Waals surface area contributed by atoms with Gasteiger partial charge in [0.1, 0.15) is 0 Å². The lowest BCUT2D eigenvalue weighted by Gasteiger charge is -2.29. The second-order valence-corrected chi connectivity index (χ2v) is 7.35. The largest absolute Gasteiger partial charge is 0.378 e. The Bertz CT molecular complexity index is 723. The Morgan fingerprint density at radius 3 is 2.71 bits per heavy atom. The summed E-state index contributed by atoms with van der Waals surface area (Å²) in [5.41, 5.74) is 3.59. The van der Waals surface area contributed by atoms with Crippen LogP contribution in [0.3, 0.4) is 0 Å². The topological polar surface area (TPSA) is 47.4 Å². The highest BCUT2D eigenvalue weighted by Crippen LogP contribution is 2.26. The van der Waals surface area contributed by atoms with Crippen LogP contribution in [0.15, 0.2) is 35.7 Å². The fraction of sp³-hybridized carbons (Fsp3) is 0.444. The first kappa shape index (κ1) is 17.0. The Morgan fingerprint density at radius 2 is 2.00 bits per heavy atom. The van der Waals surface area contributed by atoms with Crippen LogP contribution in [0.4, 0.5) is 0 Å². The van der Waals surface area contributed by atoms with Crippen LogP contribution in [-0.4, -0.2) is 51.9 Å². The molecule has 2 aromatic rings. The van der Waals surface area contributed by atoms with Gasteiger partial charge in [-0.05, 0) is 44.0 Å². The average Bonchev–Trinajstić information content (AvgIpc) is 3.05. The molecule has 128 valence electrons. The number of rotatable bonds is 4. The molecule has 1 fully saturated rings. The number of aromatic nitrogens is 2. The van der Waals surface area contributed by atoms with Crippen molar-refractivity contribution in [2.75, 3.05) is 26.3 Å². The maximum absolute atomic E-state index is 12.6. The van der Waals surface area contributed by atoms with Crippen molar-refractivity contribution in [2.24, 2.45) is 0 Å². The first-order valence-corrected chi connectivity index (χ1v) is 9.08. The van der Waals surface area contributed by atoms with E-state index in [0.29, 0.717) is 26.3 Å². The second-order valence-electron chi connectivity index (χ2n) is 6.05. The molecule has 3 rings (SSSR count). The van der Waals surface area contributed by atoms with Crippen molar-refractivity contribution in [3.63, 3.8) is 0 Å². The van der Waals surface area contributed by atoms with Crippen LogP contribution in [0, 0.1) is 13.8 Å². The molecule has 0 spiro atoms. The van der Waals surface area contributed by atoms with Crippen LogP contribution in [0.5, 0.6) is 0 Å². The minimum atomic E-state index is -0.171. The summed E-state index contributed by atoms with van der Waals surface area (Å²) in [6.07, 6.45) is 3.72. The average molecular weight is 345 g/mol. The molecule has 0 aliphatic carbocycles. The molecule has 0 N–H and O–H groups in total. The van der Waals surface area contributed by atoms with E-state index in [1.165, 1.54) is 22.9 Å². The molecule has 1 aliphatic rings. The minimum absolute atomic E-state index is 0.151. The first-order chi connectivity index (χ1) is 11.6. The van der Waals surface area contributed by atoms with E-state index in [1.807, 2.05) is 22.6 Å². The lowest BCUT2D eigenvalue weighted by molar-refractivity contribution is -0.134. The van der Waals surface area contributed by atoms with Crippen LogP contribution < -0.4 is 0 Å². The van der Waals surface area contributed by atoms with E-state index in [0.717, 1.165) is 10.8 Å². The van der Waals surface area contributed by atoms with E-state index in [-0.39, 0.29) is 11.2 Å². The van der Waals surface area contributed by atoms with E-state index in [9.17, 15) is 4.79 Å². The molecule has 0 bridgehead atoms. The quantitative estimate of drug-likeness (QED) is 0.800. The van der Waals surface area contributed by atoms with Gasteiger partial charge in [0.25, 0.3) is 0 Å². The third-order valence-electron chi connectivity index (χ3n) is 4.33. The van der Waals surface area contributed by atoms with Crippen molar-refractivity contribution >= 4 is 17.7 Å². The molecule has 6 heteroatoms. The molecule has 1 aliphatic heterocycles. The summed E-state index contributed by atoms with van der Waals surface area (Å²) in [5.74, 6) is 0.151. The lowest BCUT2D eigenvalue weighted by Crippen LogP contribution is -2.44. The van der Waals surface area contributed by atoms with Crippen LogP contribution >= 0.6 is 11.8 Å². The number of morpholine rings is 1. The Kier molecular flexibility index (Phi) is 5.26. The van der Waals surface area contributed by atoms with Crippen molar-refractivity contribution in [3.05, 3.63) is 41.7 Å². The standard InChI is InChI=1S/C18H23N3O2S/c1-13-4-5-16(12-14(13)2)21-7-6-19-18(21)24-15(3)17(22)20-8-10-23-11-9-20/h4-7,12,15H,8-11H2,1-3H3/t15-/m1/s1. The van der Waals surface area contributed by atoms with Crippen molar-refractivity contribution in [2.45, 2.75) is 31.2 Å². The number of hydrogen-bond donors (Lipinski definition) is 0. The molecular weight excluding hydrogens is 322 g/mol. The van der Waals surface area contributed by atoms with Gasteiger partial charge in [-0.1, -0.05) is 17.8 Å². The number of benzene rings is 1. The van der Waals surface area contributed by atoms with Crippen molar-refractivity contribution < 1.29 is 9.53 Å². The number of aryl methyl sites for hydroxylation is 2. The zero-order valence-corrected chi connectivity index (χ0v) is 15.2. The van der Waals surface area contributed by atoms with Gasteiger partial charge in [0.15, 0.2) is 5.16 Å². The lowest BCUT2D eigenvalue weighted by atomic mass is 10.1. The first-order valence-electron chi connectivity index (χ1n) is 8.20. The fourth-order valence-electron chi connectivity index (χ4n) is 2.70. The summed E-state index contributed by atoms with van der Waals surface area (Å²) in [5, 5.41) is 0.670. The van der Waals surface area contributed by atoms with Crippen molar-refractivity contribution in [3.8, 4) is 5.69 Å². The van der Waals surface area contributed by atoms with Crippen LogP contribution in [0.25, 0.3) is 5.69 Å². The van der Waals surface area contributed by atoms with E-state index in [1.54, 1.807) is 6.20 Å². The van der Waals surface area contributed by atoms with Gasteiger partial charge >= 0.3 is 0 Å². The highest BCUT2D eigenvalue weighted by Gasteiger charge is 2.24.